The Bertz CT molecular complexity index is 333. The SMILES string of the molecule is COCC12CCCCC1CN(C(=O)CC#N)C2. The van der Waals surface area contributed by atoms with Gasteiger partial charge in [-0.3, -0.25) is 4.79 Å². The fraction of sp³-hybridized carbons (Fsp3) is 0.846. The molecule has 1 aliphatic heterocycles. The van der Waals surface area contributed by atoms with Crippen molar-refractivity contribution in [2.24, 2.45) is 11.3 Å². The summed E-state index contributed by atoms with van der Waals surface area (Å²) in [6.07, 6.45) is 4.86. The predicted octanol–water partition coefficient (Wildman–Crippen LogP) is 1.57. The van der Waals surface area contributed by atoms with Crippen molar-refractivity contribution in [3.8, 4) is 6.07 Å². The molecule has 1 amide bonds. The summed E-state index contributed by atoms with van der Waals surface area (Å²) in [5.41, 5.74) is 0.165. The Balaban J connectivity index is 2.08. The van der Waals surface area contributed by atoms with E-state index in [-0.39, 0.29) is 17.7 Å². The Hall–Kier alpha value is -1.08. The Morgan fingerprint density at radius 3 is 3.12 bits per heavy atom. The largest absolute Gasteiger partial charge is 0.384 e. The number of hydrogen-bond acceptors (Lipinski definition) is 3. The minimum Gasteiger partial charge on any atom is -0.384 e. The third-order valence-corrected chi connectivity index (χ3v) is 4.30. The molecule has 0 aromatic carbocycles. The van der Waals surface area contributed by atoms with Crippen LogP contribution in [0.5, 0.6) is 0 Å². The first kappa shape index (κ1) is 12.4. The molecule has 1 saturated carbocycles. The van der Waals surface area contributed by atoms with Crippen LogP contribution >= 0.6 is 0 Å². The van der Waals surface area contributed by atoms with Crippen molar-refractivity contribution < 1.29 is 9.53 Å². The number of hydrogen-bond donors (Lipinski definition) is 0. The molecular formula is C13H20N2O2. The fourth-order valence-electron chi connectivity index (χ4n) is 3.47. The lowest BCUT2D eigenvalue weighted by Gasteiger charge is -2.37. The Morgan fingerprint density at radius 1 is 1.59 bits per heavy atom. The van der Waals surface area contributed by atoms with Gasteiger partial charge in [-0.25, -0.2) is 0 Å². The fourth-order valence-corrected chi connectivity index (χ4v) is 3.47. The van der Waals surface area contributed by atoms with Gasteiger partial charge in [0.15, 0.2) is 0 Å². The molecule has 17 heavy (non-hydrogen) atoms. The van der Waals surface area contributed by atoms with Gasteiger partial charge in [0.1, 0.15) is 6.42 Å². The highest BCUT2D eigenvalue weighted by Crippen LogP contribution is 2.46. The maximum absolute atomic E-state index is 11.8. The summed E-state index contributed by atoms with van der Waals surface area (Å²) in [5, 5.41) is 8.60. The molecule has 0 radical (unpaired) electrons. The zero-order valence-corrected chi connectivity index (χ0v) is 10.4. The van der Waals surface area contributed by atoms with Crippen LogP contribution in [0.25, 0.3) is 0 Å². The van der Waals surface area contributed by atoms with Crippen LogP contribution in [0, 0.1) is 22.7 Å². The minimum atomic E-state index is -0.0163. The molecule has 1 aliphatic carbocycles. The van der Waals surface area contributed by atoms with Crippen LogP contribution in [0.2, 0.25) is 0 Å². The highest BCUT2D eigenvalue weighted by molar-refractivity contribution is 5.78. The predicted molar refractivity (Wildman–Crippen MR) is 63.1 cm³/mol. The number of nitrogens with zero attached hydrogens (tertiary/aromatic N) is 2. The summed E-state index contributed by atoms with van der Waals surface area (Å²) in [6, 6.07) is 1.95. The maximum Gasteiger partial charge on any atom is 0.236 e. The summed E-state index contributed by atoms with van der Waals surface area (Å²) in [4.78, 5) is 13.7. The topological polar surface area (TPSA) is 53.3 Å². The molecule has 0 aromatic rings. The summed E-state index contributed by atoms with van der Waals surface area (Å²) in [6.45, 7) is 2.35. The van der Waals surface area contributed by atoms with E-state index in [2.05, 4.69) is 0 Å². The number of likely N-dealkylation sites (tertiary alicyclic amines) is 1. The molecule has 0 aromatic heterocycles. The number of carbonyl (C=O) groups excluding carboxylic acids is 1. The number of fused-ring (bicyclic) bond motifs is 1. The number of ether oxygens (including phenoxy) is 1. The van der Waals surface area contributed by atoms with E-state index in [1.165, 1.54) is 19.3 Å². The van der Waals surface area contributed by atoms with Gasteiger partial charge < -0.3 is 9.64 Å². The van der Waals surface area contributed by atoms with E-state index >= 15 is 0 Å². The summed E-state index contributed by atoms with van der Waals surface area (Å²) < 4.78 is 5.37. The molecule has 2 fully saturated rings. The van der Waals surface area contributed by atoms with Crippen molar-refractivity contribution in [3.05, 3.63) is 0 Å². The van der Waals surface area contributed by atoms with Crippen molar-refractivity contribution in [1.82, 2.24) is 4.90 Å². The Kier molecular flexibility index (Phi) is 3.68. The van der Waals surface area contributed by atoms with E-state index in [1.807, 2.05) is 11.0 Å². The quantitative estimate of drug-likeness (QED) is 0.747. The lowest BCUT2D eigenvalue weighted by molar-refractivity contribution is -0.129. The van der Waals surface area contributed by atoms with Crippen molar-refractivity contribution in [1.29, 1.82) is 5.26 Å². The van der Waals surface area contributed by atoms with E-state index in [0.717, 1.165) is 26.1 Å². The summed E-state index contributed by atoms with van der Waals surface area (Å²) in [5.74, 6) is 0.552. The van der Waals surface area contributed by atoms with Crippen LogP contribution in [0.4, 0.5) is 0 Å². The highest BCUT2D eigenvalue weighted by atomic mass is 16.5. The first-order valence-electron chi connectivity index (χ1n) is 6.35. The van der Waals surface area contributed by atoms with Gasteiger partial charge >= 0.3 is 0 Å². The van der Waals surface area contributed by atoms with E-state index in [1.54, 1.807) is 7.11 Å². The second-order valence-corrected chi connectivity index (χ2v) is 5.35. The monoisotopic (exact) mass is 236 g/mol. The van der Waals surface area contributed by atoms with Crippen molar-refractivity contribution in [3.63, 3.8) is 0 Å². The van der Waals surface area contributed by atoms with Gasteiger partial charge in [-0.1, -0.05) is 12.8 Å². The zero-order valence-electron chi connectivity index (χ0n) is 10.4. The van der Waals surface area contributed by atoms with Crippen LogP contribution in [0.3, 0.4) is 0 Å². The summed E-state index contributed by atoms with van der Waals surface area (Å²) in [7, 11) is 1.74. The van der Waals surface area contributed by atoms with Gasteiger partial charge in [-0.15, -0.1) is 0 Å². The van der Waals surface area contributed by atoms with Crippen LogP contribution in [0.1, 0.15) is 32.1 Å². The average molecular weight is 236 g/mol. The maximum atomic E-state index is 11.8. The lowest BCUT2D eigenvalue weighted by Crippen LogP contribution is -2.38. The molecule has 4 nitrogen and oxygen atoms in total. The molecule has 0 N–H and O–H groups in total. The van der Waals surface area contributed by atoms with Gasteiger partial charge in [-0.2, -0.15) is 5.26 Å². The molecule has 2 rings (SSSR count). The smallest absolute Gasteiger partial charge is 0.236 e. The van der Waals surface area contributed by atoms with Crippen LogP contribution in [-0.2, 0) is 9.53 Å². The van der Waals surface area contributed by atoms with Gasteiger partial charge in [0, 0.05) is 25.6 Å². The van der Waals surface area contributed by atoms with E-state index in [0.29, 0.717) is 5.92 Å². The molecule has 1 saturated heterocycles. The first-order chi connectivity index (χ1) is 8.22. The standard InChI is InChI=1S/C13H20N2O2/c1-17-10-13-6-3-2-4-11(13)8-15(9-13)12(16)5-7-14/h11H,2-6,8-10H2,1H3. The lowest BCUT2D eigenvalue weighted by atomic mass is 9.69. The number of nitriles is 1. The minimum absolute atomic E-state index is 0.00970. The van der Waals surface area contributed by atoms with E-state index < -0.39 is 0 Å². The second kappa shape index (κ2) is 5.05. The third-order valence-electron chi connectivity index (χ3n) is 4.30. The van der Waals surface area contributed by atoms with Crippen LogP contribution in [0.15, 0.2) is 0 Å². The molecule has 4 heteroatoms. The normalized spacial score (nSPS) is 32.0. The Morgan fingerprint density at radius 2 is 2.41 bits per heavy atom. The molecule has 0 spiro atoms. The van der Waals surface area contributed by atoms with Gasteiger partial charge in [0.25, 0.3) is 0 Å². The zero-order chi connectivity index (χ0) is 12.3. The van der Waals surface area contributed by atoms with Gasteiger partial charge in [0.2, 0.25) is 5.91 Å². The molecule has 2 aliphatic rings. The van der Waals surface area contributed by atoms with Crippen molar-refractivity contribution in [2.45, 2.75) is 32.1 Å². The third kappa shape index (κ3) is 2.30. The van der Waals surface area contributed by atoms with E-state index in [4.69, 9.17) is 10.00 Å². The van der Waals surface area contributed by atoms with Crippen molar-refractivity contribution >= 4 is 5.91 Å². The number of rotatable bonds is 3. The molecule has 2 unspecified atom stereocenters. The Labute approximate surface area is 103 Å². The first-order valence-corrected chi connectivity index (χ1v) is 6.35. The van der Waals surface area contributed by atoms with Gasteiger partial charge in [-0.05, 0) is 18.8 Å². The number of carbonyl (C=O) groups is 1. The van der Waals surface area contributed by atoms with Crippen LogP contribution < -0.4 is 0 Å². The molecule has 94 valence electrons. The highest BCUT2D eigenvalue weighted by Gasteiger charge is 2.48. The molecule has 0 bridgehead atoms. The van der Waals surface area contributed by atoms with E-state index in [9.17, 15) is 4.79 Å². The second-order valence-electron chi connectivity index (χ2n) is 5.35. The number of methoxy groups -OCH3 is 1. The number of amides is 1. The summed E-state index contributed by atoms with van der Waals surface area (Å²) >= 11 is 0. The molecule has 2 atom stereocenters. The molecular weight excluding hydrogens is 216 g/mol. The average Bonchev–Trinajstić information content (AvgIpc) is 2.69. The molecule has 1 heterocycles. The van der Waals surface area contributed by atoms with Crippen LogP contribution in [-0.4, -0.2) is 37.6 Å². The van der Waals surface area contributed by atoms with Crippen molar-refractivity contribution in [2.75, 3.05) is 26.8 Å². The van der Waals surface area contributed by atoms with Gasteiger partial charge in [0.05, 0.1) is 12.7 Å².